The lowest BCUT2D eigenvalue weighted by Gasteiger charge is -2.31. The quantitative estimate of drug-likeness (QED) is 0.400. The van der Waals surface area contributed by atoms with Crippen LogP contribution in [0.4, 0.5) is 0 Å². The minimum absolute atomic E-state index is 0.0364. The number of rotatable bonds is 13. The van der Waals surface area contributed by atoms with E-state index < -0.39 is 28.3 Å². The van der Waals surface area contributed by atoms with Crippen molar-refractivity contribution in [2.45, 2.75) is 70.1 Å². The summed E-state index contributed by atoms with van der Waals surface area (Å²) in [7, 11) is -3.85. The molecule has 0 aliphatic carbocycles. The molecule has 188 valence electrons. The maximum absolute atomic E-state index is 13.4. The third-order valence-electron chi connectivity index (χ3n) is 5.62. The highest BCUT2D eigenvalue weighted by molar-refractivity contribution is 7.89. The van der Waals surface area contributed by atoms with Crippen LogP contribution in [0.5, 0.6) is 0 Å². The zero-order valence-electron chi connectivity index (χ0n) is 20.5. The normalized spacial score (nSPS) is 14.7. The molecule has 3 atom stereocenters. The summed E-state index contributed by atoms with van der Waals surface area (Å²) in [4.78, 5) is 12.7. The Balaban J connectivity index is 2.28. The predicted octanol–water partition coefficient (Wildman–Crippen LogP) is 2.89. The fraction of sp³-hybridized carbons (Fsp3) is 0.500. The van der Waals surface area contributed by atoms with Crippen LogP contribution in [0.3, 0.4) is 0 Å². The number of amides is 1. The van der Waals surface area contributed by atoms with Crippen LogP contribution in [-0.2, 0) is 21.2 Å². The minimum atomic E-state index is -3.85. The second-order valence-corrected chi connectivity index (χ2v) is 11.2. The van der Waals surface area contributed by atoms with Gasteiger partial charge in [0.1, 0.15) is 0 Å². The molecule has 0 aliphatic rings. The summed E-state index contributed by atoms with van der Waals surface area (Å²) in [5.41, 5.74) is 1.86. The van der Waals surface area contributed by atoms with E-state index in [4.69, 9.17) is 0 Å². The van der Waals surface area contributed by atoms with Gasteiger partial charge in [-0.2, -0.15) is 4.31 Å². The molecule has 0 bridgehead atoms. The van der Waals surface area contributed by atoms with Crippen LogP contribution in [0.2, 0.25) is 0 Å². The number of benzene rings is 2. The summed E-state index contributed by atoms with van der Waals surface area (Å²) >= 11 is 0. The zero-order chi connectivity index (χ0) is 25.3. The molecular weight excluding hydrogens is 452 g/mol. The lowest BCUT2D eigenvalue weighted by Crippen LogP contribution is -2.51. The van der Waals surface area contributed by atoms with Gasteiger partial charge in [-0.25, -0.2) is 8.42 Å². The van der Waals surface area contributed by atoms with E-state index in [9.17, 15) is 23.4 Å². The van der Waals surface area contributed by atoms with Crippen molar-refractivity contribution in [2.24, 2.45) is 5.92 Å². The standard InChI is InChI=1S/C26H38N2O5S/c1-5-22(29)16-26(31)27-24(15-21-9-7-6-8-10-21)25(30)18-28(17-19(2)3)34(32,33)23-13-11-20(4)12-14-23/h6-14,19,22,24-25,29-30H,5,15-18H2,1-4H3,(H,27,31)/t22-,24+,25-/m1/s1. The molecule has 0 heterocycles. The van der Waals surface area contributed by atoms with Gasteiger partial charge in [-0.15, -0.1) is 0 Å². The van der Waals surface area contributed by atoms with Crippen LogP contribution in [0.15, 0.2) is 59.5 Å². The Morgan fingerprint density at radius 3 is 2.18 bits per heavy atom. The Kier molecular flexibility index (Phi) is 10.7. The van der Waals surface area contributed by atoms with Gasteiger partial charge in [0.15, 0.2) is 0 Å². The molecule has 0 aromatic heterocycles. The van der Waals surface area contributed by atoms with Gasteiger partial charge in [0.25, 0.3) is 0 Å². The fourth-order valence-electron chi connectivity index (χ4n) is 3.65. The molecule has 0 radical (unpaired) electrons. The van der Waals surface area contributed by atoms with Crippen molar-refractivity contribution >= 4 is 15.9 Å². The van der Waals surface area contributed by atoms with Gasteiger partial charge in [-0.3, -0.25) is 4.79 Å². The van der Waals surface area contributed by atoms with Gasteiger partial charge in [0, 0.05) is 13.1 Å². The minimum Gasteiger partial charge on any atom is -0.393 e. The highest BCUT2D eigenvalue weighted by Crippen LogP contribution is 2.20. The highest BCUT2D eigenvalue weighted by Gasteiger charge is 2.31. The number of nitrogens with one attached hydrogen (secondary N) is 1. The van der Waals surface area contributed by atoms with Crippen LogP contribution in [-0.4, -0.2) is 60.2 Å². The third-order valence-corrected chi connectivity index (χ3v) is 7.47. The number of carbonyl (C=O) groups is 1. The molecule has 0 spiro atoms. The number of hydrogen-bond donors (Lipinski definition) is 3. The van der Waals surface area contributed by atoms with Crippen molar-refractivity contribution in [1.82, 2.24) is 9.62 Å². The van der Waals surface area contributed by atoms with Crippen molar-refractivity contribution in [3.8, 4) is 0 Å². The lowest BCUT2D eigenvalue weighted by molar-refractivity contribution is -0.124. The number of aliphatic hydroxyl groups is 2. The summed E-state index contributed by atoms with van der Waals surface area (Å²) in [6, 6.07) is 15.3. The van der Waals surface area contributed by atoms with Crippen LogP contribution in [0, 0.1) is 12.8 Å². The number of aryl methyl sites for hydroxylation is 1. The van der Waals surface area contributed by atoms with Crippen molar-refractivity contribution in [1.29, 1.82) is 0 Å². The average molecular weight is 491 g/mol. The van der Waals surface area contributed by atoms with E-state index in [1.165, 1.54) is 4.31 Å². The van der Waals surface area contributed by atoms with Crippen molar-refractivity contribution in [3.63, 3.8) is 0 Å². The molecule has 34 heavy (non-hydrogen) atoms. The summed E-state index contributed by atoms with van der Waals surface area (Å²) in [5, 5.41) is 23.8. The molecule has 7 nitrogen and oxygen atoms in total. The molecule has 2 aromatic rings. The van der Waals surface area contributed by atoms with Gasteiger partial charge in [-0.05, 0) is 43.4 Å². The van der Waals surface area contributed by atoms with Crippen LogP contribution < -0.4 is 5.32 Å². The van der Waals surface area contributed by atoms with Crippen LogP contribution >= 0.6 is 0 Å². The number of nitrogens with zero attached hydrogens (tertiary/aromatic N) is 1. The molecule has 0 fully saturated rings. The van der Waals surface area contributed by atoms with Crippen LogP contribution in [0.1, 0.15) is 44.7 Å². The Labute approximate surface area is 203 Å². The van der Waals surface area contributed by atoms with Gasteiger partial charge < -0.3 is 15.5 Å². The van der Waals surface area contributed by atoms with E-state index in [1.54, 1.807) is 31.2 Å². The van der Waals surface area contributed by atoms with Gasteiger partial charge in [-0.1, -0.05) is 68.8 Å². The smallest absolute Gasteiger partial charge is 0.243 e. The predicted molar refractivity (Wildman–Crippen MR) is 134 cm³/mol. The van der Waals surface area contributed by atoms with Crippen LogP contribution in [0.25, 0.3) is 0 Å². The first kappa shape index (κ1) is 28.0. The maximum atomic E-state index is 13.4. The Morgan fingerprint density at radius 2 is 1.62 bits per heavy atom. The average Bonchev–Trinajstić information content (AvgIpc) is 2.78. The second-order valence-electron chi connectivity index (χ2n) is 9.23. The van der Waals surface area contributed by atoms with Gasteiger partial charge >= 0.3 is 0 Å². The lowest BCUT2D eigenvalue weighted by atomic mass is 10.0. The van der Waals surface area contributed by atoms with Gasteiger partial charge in [0.2, 0.25) is 15.9 Å². The number of hydrogen-bond acceptors (Lipinski definition) is 5. The summed E-state index contributed by atoms with van der Waals surface area (Å²) < 4.78 is 28.1. The van der Waals surface area contributed by atoms with Gasteiger partial charge in [0.05, 0.1) is 29.6 Å². The molecular formula is C26H38N2O5S. The third kappa shape index (κ3) is 8.51. The Hall–Kier alpha value is -2.26. The molecule has 0 unspecified atom stereocenters. The number of sulfonamides is 1. The van der Waals surface area contributed by atoms with Crippen molar-refractivity contribution < 1.29 is 23.4 Å². The Bertz CT molecular complexity index is 994. The zero-order valence-corrected chi connectivity index (χ0v) is 21.3. The molecule has 0 aliphatic heterocycles. The van der Waals surface area contributed by atoms with E-state index in [0.29, 0.717) is 12.8 Å². The first-order chi connectivity index (χ1) is 16.0. The fourth-order valence-corrected chi connectivity index (χ4v) is 5.27. The van der Waals surface area contributed by atoms with E-state index in [-0.39, 0.29) is 36.2 Å². The molecule has 8 heteroatoms. The topological polar surface area (TPSA) is 107 Å². The second kappa shape index (κ2) is 13.0. The van der Waals surface area contributed by atoms with E-state index in [0.717, 1.165) is 11.1 Å². The SMILES string of the molecule is CC[C@@H](O)CC(=O)N[C@@H](Cc1ccccc1)[C@H](O)CN(CC(C)C)S(=O)(=O)c1ccc(C)cc1. The van der Waals surface area contributed by atoms with Crippen molar-refractivity contribution in [2.75, 3.05) is 13.1 Å². The molecule has 2 rings (SSSR count). The first-order valence-corrected chi connectivity index (χ1v) is 13.2. The molecule has 3 N–H and O–H groups in total. The summed E-state index contributed by atoms with van der Waals surface area (Å²) in [6.07, 6.45) is -1.23. The first-order valence-electron chi connectivity index (χ1n) is 11.8. The summed E-state index contributed by atoms with van der Waals surface area (Å²) in [6.45, 7) is 7.57. The van der Waals surface area contributed by atoms with E-state index >= 15 is 0 Å². The maximum Gasteiger partial charge on any atom is 0.243 e. The molecule has 2 aromatic carbocycles. The molecule has 0 saturated heterocycles. The Morgan fingerprint density at radius 1 is 1.00 bits per heavy atom. The highest BCUT2D eigenvalue weighted by atomic mass is 32.2. The number of aliphatic hydroxyl groups excluding tert-OH is 2. The molecule has 1 amide bonds. The summed E-state index contributed by atoms with van der Waals surface area (Å²) in [5.74, 6) is -0.347. The number of carbonyl (C=O) groups excluding carboxylic acids is 1. The monoisotopic (exact) mass is 490 g/mol. The molecule has 0 saturated carbocycles. The largest absolute Gasteiger partial charge is 0.393 e. The van der Waals surface area contributed by atoms with E-state index in [1.807, 2.05) is 51.1 Å². The van der Waals surface area contributed by atoms with E-state index in [2.05, 4.69) is 5.32 Å². The van der Waals surface area contributed by atoms with Crippen molar-refractivity contribution in [3.05, 3.63) is 65.7 Å².